The zero-order chi connectivity index (χ0) is 23.4. The van der Waals surface area contributed by atoms with Gasteiger partial charge in [-0.2, -0.15) is 5.26 Å². The van der Waals surface area contributed by atoms with Crippen molar-refractivity contribution >= 4 is 6.09 Å². The Hall–Kier alpha value is -4.05. The number of pyridine rings is 1. The quantitative estimate of drug-likeness (QED) is 0.517. The fraction of sp³-hybridized carbons (Fsp3) is 0.269. The molecule has 7 heteroatoms. The van der Waals surface area contributed by atoms with E-state index < -0.39 is 6.09 Å². The molecule has 1 amide bonds. The highest BCUT2D eigenvalue weighted by Gasteiger charge is 2.32. The van der Waals surface area contributed by atoms with Gasteiger partial charge in [0, 0.05) is 30.4 Å². The summed E-state index contributed by atoms with van der Waals surface area (Å²) in [5.41, 5.74) is 2.35. The van der Waals surface area contributed by atoms with Crippen molar-refractivity contribution in [2.45, 2.75) is 44.2 Å². The van der Waals surface area contributed by atoms with E-state index in [-0.39, 0.29) is 17.6 Å². The topological polar surface area (TPSA) is 104 Å². The lowest BCUT2D eigenvalue weighted by molar-refractivity contribution is 0.0833. The molecule has 2 aromatic carbocycles. The van der Waals surface area contributed by atoms with Crippen LogP contribution in [0.5, 0.6) is 17.4 Å². The van der Waals surface area contributed by atoms with E-state index in [0.29, 0.717) is 30.2 Å². The van der Waals surface area contributed by atoms with Crippen molar-refractivity contribution in [3.8, 4) is 23.4 Å². The van der Waals surface area contributed by atoms with E-state index >= 15 is 0 Å². The van der Waals surface area contributed by atoms with Gasteiger partial charge in [-0.25, -0.2) is 9.78 Å². The lowest BCUT2D eigenvalue weighted by Gasteiger charge is -2.35. The summed E-state index contributed by atoms with van der Waals surface area (Å²) in [5, 5.41) is 20.2. The third-order valence-electron chi connectivity index (χ3n) is 5.94. The summed E-state index contributed by atoms with van der Waals surface area (Å²) in [6, 6.07) is 22.9. The van der Waals surface area contributed by atoms with Crippen LogP contribution in [0.4, 0.5) is 4.79 Å². The van der Waals surface area contributed by atoms with Gasteiger partial charge in [0.25, 0.3) is 0 Å². The number of hydrogen-bond donors (Lipinski definition) is 2. The molecule has 0 spiro atoms. The highest BCUT2D eigenvalue weighted by molar-refractivity contribution is 5.65. The van der Waals surface area contributed by atoms with Gasteiger partial charge in [0.2, 0.25) is 5.88 Å². The predicted molar refractivity (Wildman–Crippen MR) is 123 cm³/mol. The van der Waals surface area contributed by atoms with Gasteiger partial charge in [0.15, 0.2) is 0 Å². The molecule has 0 bridgehead atoms. The summed E-state index contributed by atoms with van der Waals surface area (Å²) < 4.78 is 11.7. The minimum absolute atomic E-state index is 0.0243. The van der Waals surface area contributed by atoms with Crippen molar-refractivity contribution in [3.63, 3.8) is 0 Å². The Morgan fingerprint density at radius 3 is 2.21 bits per heavy atom. The average molecular weight is 444 g/mol. The number of carbonyl (C=O) groups is 1. The zero-order valence-electron chi connectivity index (χ0n) is 18.5. The van der Waals surface area contributed by atoms with Gasteiger partial charge in [-0.05, 0) is 41.5 Å². The SMILES string of the molecule is CC(C)(c1ccc(Oc2cccc(C#N)n2)cc1)c1ccc(OC2CC(NC(=O)O)C2)cc1. The molecule has 4 rings (SSSR count). The number of rotatable bonds is 7. The third-order valence-corrected chi connectivity index (χ3v) is 5.94. The van der Waals surface area contributed by atoms with Crippen LogP contribution in [-0.4, -0.2) is 28.3 Å². The lowest BCUT2D eigenvalue weighted by Crippen LogP contribution is -2.48. The van der Waals surface area contributed by atoms with Gasteiger partial charge in [0.1, 0.15) is 29.4 Å². The van der Waals surface area contributed by atoms with E-state index in [9.17, 15) is 4.79 Å². The number of nitriles is 1. The largest absolute Gasteiger partial charge is 0.490 e. The molecule has 1 aliphatic rings. The summed E-state index contributed by atoms with van der Waals surface area (Å²) in [6.07, 6.45) is 0.417. The van der Waals surface area contributed by atoms with Crippen LogP contribution in [0.25, 0.3) is 0 Å². The number of nitrogens with zero attached hydrogens (tertiary/aromatic N) is 2. The predicted octanol–water partition coefficient (Wildman–Crippen LogP) is 5.25. The van der Waals surface area contributed by atoms with E-state index in [1.165, 1.54) is 0 Å². The fourth-order valence-corrected chi connectivity index (χ4v) is 3.86. The minimum atomic E-state index is -0.991. The Morgan fingerprint density at radius 1 is 1.03 bits per heavy atom. The van der Waals surface area contributed by atoms with Gasteiger partial charge < -0.3 is 19.9 Å². The molecule has 2 N–H and O–H groups in total. The summed E-state index contributed by atoms with van der Waals surface area (Å²) in [5.74, 6) is 1.81. The van der Waals surface area contributed by atoms with Crippen LogP contribution >= 0.6 is 0 Å². The molecule has 3 aromatic rings. The number of benzene rings is 2. The van der Waals surface area contributed by atoms with Gasteiger partial charge in [-0.15, -0.1) is 0 Å². The molecule has 7 nitrogen and oxygen atoms in total. The summed E-state index contributed by atoms with van der Waals surface area (Å²) in [6.45, 7) is 4.32. The van der Waals surface area contributed by atoms with E-state index in [1.54, 1.807) is 18.2 Å². The second-order valence-corrected chi connectivity index (χ2v) is 8.61. The first-order chi connectivity index (χ1) is 15.8. The first kappa shape index (κ1) is 22.2. The van der Waals surface area contributed by atoms with Crippen LogP contribution < -0.4 is 14.8 Å². The molecule has 1 aromatic heterocycles. The average Bonchev–Trinajstić information content (AvgIpc) is 2.78. The standard InChI is InChI=1S/C26H25N3O4/c1-26(2,17-6-10-21(11-7-17)32-23-14-20(15-23)29-25(30)31)18-8-12-22(13-9-18)33-24-5-3-4-19(16-27)28-24/h3-13,20,23,29H,14-15H2,1-2H3,(H,30,31). The van der Waals surface area contributed by atoms with E-state index in [1.807, 2.05) is 42.5 Å². The van der Waals surface area contributed by atoms with Crippen LogP contribution in [0.2, 0.25) is 0 Å². The van der Waals surface area contributed by atoms with Crippen molar-refractivity contribution < 1.29 is 19.4 Å². The van der Waals surface area contributed by atoms with Crippen LogP contribution in [0.15, 0.2) is 66.7 Å². The molecule has 1 aliphatic carbocycles. The molecule has 168 valence electrons. The molecular weight excluding hydrogens is 418 g/mol. The summed E-state index contributed by atoms with van der Waals surface area (Å²) in [7, 11) is 0. The molecule has 1 saturated carbocycles. The van der Waals surface area contributed by atoms with Crippen LogP contribution in [0.3, 0.4) is 0 Å². The molecule has 0 unspecified atom stereocenters. The summed E-state index contributed by atoms with van der Waals surface area (Å²) in [4.78, 5) is 14.8. The molecule has 1 fully saturated rings. The highest BCUT2D eigenvalue weighted by atomic mass is 16.5. The molecule has 0 saturated heterocycles. The Labute approximate surface area is 192 Å². The van der Waals surface area contributed by atoms with Crippen LogP contribution in [0, 0.1) is 11.3 Å². The molecule has 33 heavy (non-hydrogen) atoms. The van der Waals surface area contributed by atoms with Gasteiger partial charge in [0.05, 0.1) is 0 Å². The van der Waals surface area contributed by atoms with E-state index in [0.717, 1.165) is 16.9 Å². The smallest absolute Gasteiger partial charge is 0.404 e. The lowest BCUT2D eigenvalue weighted by atomic mass is 9.78. The number of nitrogens with one attached hydrogen (secondary N) is 1. The Morgan fingerprint density at radius 2 is 1.64 bits per heavy atom. The van der Waals surface area contributed by atoms with Crippen molar-refractivity contribution in [3.05, 3.63) is 83.6 Å². The zero-order valence-corrected chi connectivity index (χ0v) is 18.5. The van der Waals surface area contributed by atoms with Gasteiger partial charge >= 0.3 is 6.09 Å². The number of carboxylic acid groups (broad SMARTS) is 1. The van der Waals surface area contributed by atoms with Crippen molar-refractivity contribution in [1.29, 1.82) is 5.26 Å². The maximum Gasteiger partial charge on any atom is 0.404 e. The molecule has 0 radical (unpaired) electrons. The van der Waals surface area contributed by atoms with Crippen molar-refractivity contribution in [2.75, 3.05) is 0 Å². The van der Waals surface area contributed by atoms with E-state index in [2.05, 4.69) is 36.3 Å². The Kier molecular flexibility index (Phi) is 6.18. The minimum Gasteiger partial charge on any atom is -0.490 e. The van der Waals surface area contributed by atoms with E-state index in [4.69, 9.17) is 19.8 Å². The first-order valence-corrected chi connectivity index (χ1v) is 10.8. The molecule has 0 aliphatic heterocycles. The van der Waals surface area contributed by atoms with Gasteiger partial charge in [-0.3, -0.25) is 0 Å². The maximum atomic E-state index is 10.7. The second-order valence-electron chi connectivity index (χ2n) is 8.61. The number of hydrogen-bond acceptors (Lipinski definition) is 5. The number of aromatic nitrogens is 1. The number of amides is 1. The highest BCUT2D eigenvalue weighted by Crippen LogP contribution is 2.34. The normalized spacial score (nSPS) is 17.4. The number of ether oxygens (including phenoxy) is 2. The third kappa shape index (κ3) is 5.24. The molecule has 0 atom stereocenters. The van der Waals surface area contributed by atoms with Crippen LogP contribution in [-0.2, 0) is 5.41 Å². The molecular formula is C26H25N3O4. The Bertz CT molecular complexity index is 1160. The monoisotopic (exact) mass is 443 g/mol. The van der Waals surface area contributed by atoms with Crippen LogP contribution in [0.1, 0.15) is 43.5 Å². The maximum absolute atomic E-state index is 10.7. The summed E-state index contributed by atoms with van der Waals surface area (Å²) >= 11 is 0. The van der Waals surface area contributed by atoms with Crippen molar-refractivity contribution in [2.24, 2.45) is 0 Å². The molecule has 1 heterocycles. The van der Waals surface area contributed by atoms with Gasteiger partial charge in [-0.1, -0.05) is 44.2 Å². The van der Waals surface area contributed by atoms with Crippen molar-refractivity contribution in [1.82, 2.24) is 10.3 Å². The second kappa shape index (κ2) is 9.21. The first-order valence-electron chi connectivity index (χ1n) is 10.8. The fourth-order valence-electron chi connectivity index (χ4n) is 3.86. The Balaban J connectivity index is 1.38.